The number of aryl methyl sites for hydroxylation is 1. The van der Waals surface area contributed by atoms with Crippen LogP contribution in [0.1, 0.15) is 37.4 Å². The average molecular weight is 408 g/mol. The summed E-state index contributed by atoms with van der Waals surface area (Å²) in [5, 5.41) is 8.60. The van der Waals surface area contributed by atoms with Crippen LogP contribution < -0.4 is 15.4 Å². The van der Waals surface area contributed by atoms with Crippen molar-refractivity contribution < 1.29 is 4.74 Å². The lowest BCUT2D eigenvalue weighted by atomic mass is 10.0. The Kier molecular flexibility index (Phi) is 5.26. The van der Waals surface area contributed by atoms with E-state index >= 15 is 0 Å². The van der Waals surface area contributed by atoms with E-state index in [9.17, 15) is 0 Å². The van der Waals surface area contributed by atoms with Gasteiger partial charge < -0.3 is 20.4 Å². The lowest BCUT2D eigenvalue weighted by Gasteiger charge is -2.13. The molecule has 1 aliphatic carbocycles. The topological polar surface area (TPSA) is 49.1 Å². The Balaban J connectivity index is 1.38. The molecule has 1 saturated carbocycles. The number of nitrogens with one attached hydrogen (secondary N) is 3. The largest absolute Gasteiger partial charge is 0.495 e. The van der Waals surface area contributed by atoms with Crippen LogP contribution in [0.15, 0.2) is 48.5 Å². The monoisotopic (exact) mass is 407 g/mol. The number of ether oxygens (including phenoxy) is 1. The van der Waals surface area contributed by atoms with Crippen LogP contribution in [0.2, 0.25) is 0 Å². The summed E-state index contributed by atoms with van der Waals surface area (Å²) >= 11 is 5.48. The molecule has 29 heavy (non-hydrogen) atoms. The zero-order chi connectivity index (χ0) is 20.6. The van der Waals surface area contributed by atoms with Gasteiger partial charge >= 0.3 is 0 Å². The number of H-pyrrole nitrogens is 1. The van der Waals surface area contributed by atoms with Crippen molar-refractivity contribution in [2.45, 2.75) is 33.1 Å². The lowest BCUT2D eigenvalue weighted by molar-refractivity contribution is 0.417. The van der Waals surface area contributed by atoms with Gasteiger partial charge in [0, 0.05) is 23.1 Å². The molecule has 4 rings (SSSR count). The molecule has 0 radical (unpaired) electrons. The molecule has 3 aromatic rings. The number of benzene rings is 2. The summed E-state index contributed by atoms with van der Waals surface area (Å²) in [7, 11) is 1.67. The summed E-state index contributed by atoms with van der Waals surface area (Å²) < 4.78 is 5.38. The fourth-order valence-electron chi connectivity index (χ4n) is 4.81. The van der Waals surface area contributed by atoms with E-state index in [-0.39, 0.29) is 0 Å². The van der Waals surface area contributed by atoms with Crippen LogP contribution >= 0.6 is 12.2 Å². The highest BCUT2D eigenvalue weighted by molar-refractivity contribution is 7.80. The summed E-state index contributed by atoms with van der Waals surface area (Å²) in [6.45, 7) is 7.82. The number of thiocarbonyl (C=S) groups is 1. The molecule has 0 amide bonds. The van der Waals surface area contributed by atoms with Crippen LogP contribution in [0, 0.1) is 18.3 Å². The normalized spacial score (nSPS) is 19.7. The van der Waals surface area contributed by atoms with Gasteiger partial charge in [0.25, 0.3) is 0 Å². The molecule has 152 valence electrons. The number of hydrogen-bond acceptors (Lipinski definition) is 2. The molecule has 5 heteroatoms. The van der Waals surface area contributed by atoms with Crippen LogP contribution in [-0.2, 0) is 0 Å². The van der Waals surface area contributed by atoms with Gasteiger partial charge in [-0.25, -0.2) is 0 Å². The van der Waals surface area contributed by atoms with E-state index in [1.807, 2.05) is 24.3 Å². The van der Waals surface area contributed by atoms with Gasteiger partial charge in [0.1, 0.15) is 5.75 Å². The smallest absolute Gasteiger partial charge is 0.170 e. The van der Waals surface area contributed by atoms with Crippen molar-refractivity contribution in [3.63, 3.8) is 0 Å². The third-order valence-electron chi connectivity index (χ3n) is 6.40. The van der Waals surface area contributed by atoms with E-state index < -0.39 is 0 Å². The Morgan fingerprint density at radius 2 is 1.86 bits per heavy atom. The zero-order valence-corrected chi connectivity index (χ0v) is 18.3. The van der Waals surface area contributed by atoms with E-state index in [1.165, 1.54) is 22.2 Å². The maximum absolute atomic E-state index is 5.48. The second-order valence-corrected chi connectivity index (χ2v) is 8.89. The van der Waals surface area contributed by atoms with E-state index in [0.29, 0.717) is 22.4 Å². The summed E-state index contributed by atoms with van der Waals surface area (Å²) in [5.74, 6) is 2.01. The first kappa shape index (κ1) is 19.8. The molecular formula is C24H29N3OS. The number of fused-ring (bicyclic) bond motifs is 1. The van der Waals surface area contributed by atoms with Crippen molar-refractivity contribution in [2.75, 3.05) is 19.0 Å². The van der Waals surface area contributed by atoms with Gasteiger partial charge in [0.2, 0.25) is 0 Å². The number of anilines is 1. The predicted molar refractivity (Wildman–Crippen MR) is 125 cm³/mol. The Bertz CT molecular complexity index is 1040. The van der Waals surface area contributed by atoms with Gasteiger partial charge in [-0.05, 0) is 66.6 Å². The Hall–Kier alpha value is -2.53. The van der Waals surface area contributed by atoms with E-state index in [1.54, 1.807) is 7.11 Å². The minimum atomic E-state index is 0.301. The second-order valence-electron chi connectivity index (χ2n) is 8.48. The Labute approximate surface area is 178 Å². The third-order valence-corrected chi connectivity index (χ3v) is 6.65. The first-order valence-corrected chi connectivity index (χ1v) is 10.6. The van der Waals surface area contributed by atoms with Gasteiger partial charge in [-0.1, -0.05) is 44.2 Å². The minimum Gasteiger partial charge on any atom is -0.495 e. The standard InChI is InChI=1S/C24H29N3OS/c1-15-21(16-9-5-6-10-18(16)26-15)22-17(24(22,2)3)13-14-25-23(29)27-19-11-7-8-12-20(19)28-4/h5-12,17,22,26H,13-14H2,1-4H3,(H2,25,27,29)/t17-,22+/m1/s1. The number of aromatic amines is 1. The maximum Gasteiger partial charge on any atom is 0.170 e. The van der Waals surface area contributed by atoms with E-state index in [2.05, 4.69) is 60.7 Å². The fourth-order valence-corrected chi connectivity index (χ4v) is 5.02. The van der Waals surface area contributed by atoms with Gasteiger partial charge in [-0.2, -0.15) is 0 Å². The molecule has 3 N–H and O–H groups in total. The summed E-state index contributed by atoms with van der Waals surface area (Å²) in [6, 6.07) is 16.4. The molecule has 1 aliphatic rings. The number of rotatable bonds is 6. The Morgan fingerprint density at radius 1 is 1.14 bits per heavy atom. The van der Waals surface area contributed by atoms with Crippen LogP contribution in [-0.4, -0.2) is 23.8 Å². The van der Waals surface area contributed by atoms with Crippen molar-refractivity contribution in [3.8, 4) is 5.75 Å². The van der Waals surface area contributed by atoms with Crippen molar-refractivity contribution in [2.24, 2.45) is 11.3 Å². The molecule has 0 unspecified atom stereocenters. The molecule has 0 saturated heterocycles. The third kappa shape index (κ3) is 3.71. The molecule has 0 bridgehead atoms. The molecule has 2 aromatic carbocycles. The second kappa shape index (κ2) is 7.71. The van der Waals surface area contributed by atoms with Gasteiger partial charge in [-0.15, -0.1) is 0 Å². The van der Waals surface area contributed by atoms with E-state index in [0.717, 1.165) is 24.4 Å². The van der Waals surface area contributed by atoms with Crippen molar-refractivity contribution >= 4 is 33.9 Å². The highest BCUT2D eigenvalue weighted by Crippen LogP contribution is 2.67. The number of hydrogen-bond donors (Lipinski definition) is 3. The molecule has 1 aromatic heterocycles. The van der Waals surface area contributed by atoms with Gasteiger partial charge in [-0.3, -0.25) is 0 Å². The SMILES string of the molecule is COc1ccccc1NC(=S)NCC[C@@H]1[C@@H](c2c(C)[nH]c3ccccc23)C1(C)C. The molecule has 4 nitrogen and oxygen atoms in total. The van der Waals surface area contributed by atoms with Crippen molar-refractivity contribution in [1.82, 2.24) is 10.3 Å². The highest BCUT2D eigenvalue weighted by atomic mass is 32.1. The zero-order valence-electron chi connectivity index (χ0n) is 17.5. The van der Waals surface area contributed by atoms with Gasteiger partial charge in [0.15, 0.2) is 5.11 Å². The molecule has 0 spiro atoms. The quantitative estimate of drug-likeness (QED) is 0.466. The van der Waals surface area contributed by atoms with Crippen LogP contribution in [0.4, 0.5) is 5.69 Å². The molecule has 1 fully saturated rings. The number of para-hydroxylation sites is 3. The fraction of sp³-hybridized carbons (Fsp3) is 0.375. The predicted octanol–water partition coefficient (Wildman–Crippen LogP) is 5.60. The van der Waals surface area contributed by atoms with Crippen LogP contribution in [0.25, 0.3) is 10.9 Å². The summed E-state index contributed by atoms with van der Waals surface area (Å²) in [4.78, 5) is 3.56. The lowest BCUT2D eigenvalue weighted by Crippen LogP contribution is -2.29. The van der Waals surface area contributed by atoms with Gasteiger partial charge in [0.05, 0.1) is 12.8 Å². The molecule has 0 aliphatic heterocycles. The first-order chi connectivity index (χ1) is 13.9. The number of aromatic nitrogens is 1. The van der Waals surface area contributed by atoms with Crippen molar-refractivity contribution in [1.29, 1.82) is 0 Å². The van der Waals surface area contributed by atoms with Crippen LogP contribution in [0.3, 0.4) is 0 Å². The average Bonchev–Trinajstić information content (AvgIpc) is 3.06. The number of methoxy groups -OCH3 is 1. The molecular weight excluding hydrogens is 378 g/mol. The van der Waals surface area contributed by atoms with Crippen molar-refractivity contribution in [3.05, 3.63) is 59.8 Å². The Morgan fingerprint density at radius 3 is 2.66 bits per heavy atom. The molecule has 2 atom stereocenters. The summed E-state index contributed by atoms with van der Waals surface area (Å²) in [5.41, 5.74) is 5.21. The summed E-state index contributed by atoms with van der Waals surface area (Å²) in [6.07, 6.45) is 1.09. The first-order valence-electron chi connectivity index (χ1n) is 10.2. The molecule has 1 heterocycles. The van der Waals surface area contributed by atoms with Crippen LogP contribution in [0.5, 0.6) is 5.75 Å². The van der Waals surface area contributed by atoms with E-state index in [4.69, 9.17) is 17.0 Å². The highest BCUT2D eigenvalue weighted by Gasteiger charge is 2.58. The minimum absolute atomic E-state index is 0.301. The maximum atomic E-state index is 5.48.